The average Bonchev–Trinajstić information content (AvgIpc) is 2.46. The molecule has 0 radical (unpaired) electrons. The van der Waals surface area contributed by atoms with Crippen molar-refractivity contribution in [1.82, 2.24) is 9.97 Å². The van der Waals surface area contributed by atoms with E-state index in [4.69, 9.17) is 4.74 Å². The number of aromatic nitrogens is 2. The number of hydrogen-bond acceptors (Lipinski definition) is 4. The first kappa shape index (κ1) is 12.1. The van der Waals surface area contributed by atoms with Crippen LogP contribution in [-0.2, 0) is 0 Å². The first-order chi connectivity index (χ1) is 8.83. The van der Waals surface area contributed by atoms with Gasteiger partial charge in [0.05, 0.1) is 7.11 Å². The van der Waals surface area contributed by atoms with Crippen LogP contribution in [0.4, 0.5) is 5.95 Å². The molecule has 0 spiro atoms. The normalized spacial score (nSPS) is 9.83. The summed E-state index contributed by atoms with van der Waals surface area (Å²) in [5.74, 6) is 1.44. The van der Waals surface area contributed by atoms with Crippen LogP contribution in [0.15, 0.2) is 49.3 Å². The lowest BCUT2D eigenvalue weighted by molar-refractivity contribution is 0.415. The van der Waals surface area contributed by atoms with Gasteiger partial charge in [0.2, 0.25) is 5.95 Å². The lowest BCUT2D eigenvalue weighted by Gasteiger charge is -2.05. The summed E-state index contributed by atoms with van der Waals surface area (Å²) in [6.07, 6.45) is 5.35. The van der Waals surface area contributed by atoms with Crippen LogP contribution >= 0.6 is 0 Å². The lowest BCUT2D eigenvalue weighted by Crippen LogP contribution is -2.02. The first-order valence-corrected chi connectivity index (χ1v) is 5.64. The van der Waals surface area contributed by atoms with Crippen LogP contribution in [-0.4, -0.2) is 23.6 Å². The molecule has 0 bridgehead atoms. The van der Waals surface area contributed by atoms with Crippen molar-refractivity contribution in [3.05, 3.63) is 49.3 Å². The zero-order chi connectivity index (χ0) is 12.8. The fraction of sp³-hybridized carbons (Fsp3) is 0.143. The molecule has 0 saturated heterocycles. The second-order valence-electron chi connectivity index (χ2n) is 3.69. The van der Waals surface area contributed by atoms with Gasteiger partial charge in [0.1, 0.15) is 5.75 Å². The Labute approximate surface area is 106 Å². The summed E-state index contributed by atoms with van der Waals surface area (Å²) in [7, 11) is 1.65. The summed E-state index contributed by atoms with van der Waals surface area (Å²) < 4.78 is 5.12. The summed E-state index contributed by atoms with van der Waals surface area (Å²) in [5, 5.41) is 3.03. The third-order valence-corrected chi connectivity index (χ3v) is 2.48. The Balaban J connectivity index is 2.14. The van der Waals surface area contributed by atoms with Crippen LogP contribution in [0, 0.1) is 0 Å². The highest BCUT2D eigenvalue weighted by Gasteiger charge is 2.00. The maximum Gasteiger partial charge on any atom is 0.222 e. The molecule has 1 heterocycles. The molecule has 18 heavy (non-hydrogen) atoms. The molecule has 0 fully saturated rings. The zero-order valence-corrected chi connectivity index (χ0v) is 10.3. The number of ether oxygens (including phenoxy) is 1. The third-order valence-electron chi connectivity index (χ3n) is 2.48. The number of methoxy groups -OCH3 is 1. The van der Waals surface area contributed by atoms with Crippen molar-refractivity contribution in [3.8, 4) is 16.9 Å². The van der Waals surface area contributed by atoms with Gasteiger partial charge in [-0.1, -0.05) is 18.2 Å². The second-order valence-corrected chi connectivity index (χ2v) is 3.69. The van der Waals surface area contributed by atoms with Crippen molar-refractivity contribution in [3.63, 3.8) is 0 Å². The fourth-order valence-corrected chi connectivity index (χ4v) is 1.52. The van der Waals surface area contributed by atoms with E-state index in [0.717, 1.165) is 16.9 Å². The van der Waals surface area contributed by atoms with Gasteiger partial charge < -0.3 is 10.1 Å². The minimum Gasteiger partial charge on any atom is -0.497 e. The molecule has 0 unspecified atom stereocenters. The lowest BCUT2D eigenvalue weighted by atomic mass is 10.1. The topological polar surface area (TPSA) is 47.0 Å². The van der Waals surface area contributed by atoms with E-state index in [1.54, 1.807) is 25.6 Å². The third kappa shape index (κ3) is 2.85. The van der Waals surface area contributed by atoms with Crippen molar-refractivity contribution < 1.29 is 4.74 Å². The van der Waals surface area contributed by atoms with Gasteiger partial charge in [0.25, 0.3) is 0 Å². The summed E-state index contributed by atoms with van der Waals surface area (Å²) in [6, 6.07) is 7.79. The maximum atomic E-state index is 5.12. The number of rotatable bonds is 5. The largest absolute Gasteiger partial charge is 0.497 e. The predicted octanol–water partition coefficient (Wildman–Crippen LogP) is 2.75. The highest BCUT2D eigenvalue weighted by molar-refractivity contribution is 5.62. The summed E-state index contributed by atoms with van der Waals surface area (Å²) in [5.41, 5.74) is 2.04. The smallest absolute Gasteiger partial charge is 0.222 e. The van der Waals surface area contributed by atoms with Crippen LogP contribution in [0.2, 0.25) is 0 Å². The number of nitrogens with one attached hydrogen (secondary N) is 1. The molecule has 1 aromatic heterocycles. The Morgan fingerprint density at radius 1 is 1.17 bits per heavy atom. The van der Waals surface area contributed by atoms with Crippen LogP contribution < -0.4 is 10.1 Å². The molecule has 0 aliphatic rings. The zero-order valence-electron chi connectivity index (χ0n) is 10.3. The van der Waals surface area contributed by atoms with Gasteiger partial charge in [0.15, 0.2) is 0 Å². The van der Waals surface area contributed by atoms with E-state index in [1.807, 2.05) is 24.3 Å². The van der Waals surface area contributed by atoms with Crippen molar-refractivity contribution in [1.29, 1.82) is 0 Å². The highest BCUT2D eigenvalue weighted by atomic mass is 16.5. The van der Waals surface area contributed by atoms with E-state index in [-0.39, 0.29) is 0 Å². The van der Waals surface area contributed by atoms with Crippen molar-refractivity contribution in [2.45, 2.75) is 0 Å². The predicted molar refractivity (Wildman–Crippen MR) is 72.7 cm³/mol. The molecule has 0 aliphatic carbocycles. The molecule has 4 nitrogen and oxygen atoms in total. The maximum absolute atomic E-state index is 5.12. The van der Waals surface area contributed by atoms with E-state index in [1.165, 1.54) is 0 Å². The van der Waals surface area contributed by atoms with Gasteiger partial charge >= 0.3 is 0 Å². The van der Waals surface area contributed by atoms with Crippen molar-refractivity contribution in [2.24, 2.45) is 0 Å². The Hall–Kier alpha value is -2.36. The Morgan fingerprint density at radius 2 is 1.83 bits per heavy atom. The van der Waals surface area contributed by atoms with Gasteiger partial charge in [0, 0.05) is 24.5 Å². The minimum atomic E-state index is 0.604. The Morgan fingerprint density at radius 3 is 2.39 bits per heavy atom. The van der Waals surface area contributed by atoms with Crippen molar-refractivity contribution in [2.75, 3.05) is 19.0 Å². The molecule has 0 amide bonds. The molecule has 1 N–H and O–H groups in total. The van der Waals surface area contributed by atoms with Crippen LogP contribution in [0.3, 0.4) is 0 Å². The summed E-state index contributed by atoms with van der Waals surface area (Å²) >= 11 is 0. The second kappa shape index (κ2) is 5.82. The van der Waals surface area contributed by atoms with Crippen LogP contribution in [0.5, 0.6) is 5.75 Å². The molecule has 92 valence electrons. The van der Waals surface area contributed by atoms with Gasteiger partial charge in [-0.05, 0) is 17.7 Å². The van der Waals surface area contributed by atoms with Gasteiger partial charge in [-0.3, -0.25) is 0 Å². The molecule has 1 aromatic carbocycles. The minimum absolute atomic E-state index is 0.604. The fourth-order valence-electron chi connectivity index (χ4n) is 1.52. The van der Waals surface area contributed by atoms with E-state index in [9.17, 15) is 0 Å². The van der Waals surface area contributed by atoms with Gasteiger partial charge in [-0.25, -0.2) is 9.97 Å². The standard InChI is InChI=1S/C14H15N3O/c1-3-8-15-14-16-9-12(10-17-14)11-4-6-13(18-2)7-5-11/h3-7,9-10H,1,8H2,2H3,(H,15,16,17). The molecular weight excluding hydrogens is 226 g/mol. The van der Waals surface area contributed by atoms with E-state index in [2.05, 4.69) is 21.9 Å². The first-order valence-electron chi connectivity index (χ1n) is 5.64. The number of benzene rings is 1. The van der Waals surface area contributed by atoms with E-state index in [0.29, 0.717) is 12.5 Å². The number of nitrogens with zero attached hydrogens (tertiary/aromatic N) is 2. The van der Waals surface area contributed by atoms with E-state index < -0.39 is 0 Å². The molecule has 4 heteroatoms. The molecular formula is C14H15N3O. The van der Waals surface area contributed by atoms with E-state index >= 15 is 0 Å². The summed E-state index contributed by atoms with van der Waals surface area (Å²) in [4.78, 5) is 8.47. The summed E-state index contributed by atoms with van der Waals surface area (Å²) in [6.45, 7) is 4.28. The van der Waals surface area contributed by atoms with Gasteiger partial charge in [-0.2, -0.15) is 0 Å². The average molecular weight is 241 g/mol. The van der Waals surface area contributed by atoms with Crippen LogP contribution in [0.1, 0.15) is 0 Å². The molecule has 2 rings (SSSR count). The monoisotopic (exact) mass is 241 g/mol. The molecule has 0 saturated carbocycles. The van der Waals surface area contributed by atoms with Crippen molar-refractivity contribution >= 4 is 5.95 Å². The molecule has 0 aliphatic heterocycles. The number of hydrogen-bond donors (Lipinski definition) is 1. The molecule has 2 aromatic rings. The Bertz CT molecular complexity index is 506. The highest BCUT2D eigenvalue weighted by Crippen LogP contribution is 2.21. The SMILES string of the molecule is C=CCNc1ncc(-c2ccc(OC)cc2)cn1. The Kier molecular flexibility index (Phi) is 3.91. The molecule has 0 atom stereocenters. The number of anilines is 1. The van der Waals surface area contributed by atoms with Crippen LogP contribution in [0.25, 0.3) is 11.1 Å². The van der Waals surface area contributed by atoms with Gasteiger partial charge in [-0.15, -0.1) is 6.58 Å². The quantitative estimate of drug-likeness (QED) is 0.818.